The van der Waals surface area contributed by atoms with Gasteiger partial charge in [0.2, 0.25) is 0 Å². The molecule has 0 spiro atoms. The Labute approximate surface area is 102 Å². The topological polar surface area (TPSA) is 34.1 Å². The van der Waals surface area contributed by atoms with Crippen molar-refractivity contribution < 1.29 is 4.74 Å². The molecule has 1 aromatic rings. The summed E-state index contributed by atoms with van der Waals surface area (Å²) in [6, 6.07) is 4.02. The fourth-order valence-electron chi connectivity index (χ4n) is 1.23. The fourth-order valence-corrected chi connectivity index (χ4v) is 1.34. The standard InChI is InChI=1S/C12H19ClN2O/c1-9(15-8-12(2,3)16-4)10-5-6-11(13)14-7-10/h5-7,9,15H,8H2,1-4H3. The van der Waals surface area contributed by atoms with Crippen LogP contribution in [0.2, 0.25) is 5.15 Å². The van der Waals surface area contributed by atoms with Gasteiger partial charge >= 0.3 is 0 Å². The van der Waals surface area contributed by atoms with E-state index in [1.165, 1.54) is 0 Å². The van der Waals surface area contributed by atoms with Crippen molar-refractivity contribution in [3.63, 3.8) is 0 Å². The van der Waals surface area contributed by atoms with Gasteiger partial charge in [0.1, 0.15) is 5.15 Å². The molecule has 0 amide bonds. The summed E-state index contributed by atoms with van der Waals surface area (Å²) >= 11 is 5.74. The predicted molar refractivity (Wildman–Crippen MR) is 66.8 cm³/mol. The van der Waals surface area contributed by atoms with E-state index >= 15 is 0 Å². The van der Waals surface area contributed by atoms with Gasteiger partial charge in [-0.3, -0.25) is 0 Å². The van der Waals surface area contributed by atoms with Crippen LogP contribution in [0.15, 0.2) is 18.3 Å². The largest absolute Gasteiger partial charge is 0.377 e. The average molecular weight is 243 g/mol. The highest BCUT2D eigenvalue weighted by Crippen LogP contribution is 2.15. The smallest absolute Gasteiger partial charge is 0.129 e. The molecular formula is C12H19ClN2O. The zero-order valence-electron chi connectivity index (χ0n) is 10.2. The first-order chi connectivity index (χ1) is 7.44. The summed E-state index contributed by atoms with van der Waals surface area (Å²) < 4.78 is 5.34. The molecule has 0 saturated heterocycles. The number of methoxy groups -OCH3 is 1. The molecular weight excluding hydrogens is 224 g/mol. The molecule has 0 aliphatic carbocycles. The Morgan fingerprint density at radius 1 is 1.50 bits per heavy atom. The summed E-state index contributed by atoms with van der Waals surface area (Å²) in [5, 5.41) is 3.92. The molecule has 16 heavy (non-hydrogen) atoms. The maximum Gasteiger partial charge on any atom is 0.129 e. The molecule has 1 atom stereocenters. The maximum absolute atomic E-state index is 5.74. The van der Waals surface area contributed by atoms with Crippen molar-refractivity contribution in [3.05, 3.63) is 29.0 Å². The molecule has 0 fully saturated rings. The van der Waals surface area contributed by atoms with Gasteiger partial charge in [0.25, 0.3) is 0 Å². The monoisotopic (exact) mass is 242 g/mol. The van der Waals surface area contributed by atoms with Gasteiger partial charge in [0.05, 0.1) is 5.60 Å². The van der Waals surface area contributed by atoms with E-state index in [2.05, 4.69) is 17.2 Å². The minimum atomic E-state index is -0.159. The van der Waals surface area contributed by atoms with E-state index in [0.29, 0.717) is 5.15 Å². The van der Waals surface area contributed by atoms with Gasteiger partial charge in [-0.2, -0.15) is 0 Å². The van der Waals surface area contributed by atoms with E-state index in [1.807, 2.05) is 19.9 Å². The Balaban J connectivity index is 2.53. The second-order valence-corrected chi connectivity index (χ2v) is 4.87. The third-order valence-corrected chi connectivity index (χ3v) is 2.86. The van der Waals surface area contributed by atoms with Crippen LogP contribution in [0.1, 0.15) is 32.4 Å². The number of hydrogen-bond acceptors (Lipinski definition) is 3. The van der Waals surface area contributed by atoms with Crippen LogP contribution in [-0.4, -0.2) is 24.2 Å². The van der Waals surface area contributed by atoms with Crippen molar-refractivity contribution in [1.82, 2.24) is 10.3 Å². The van der Waals surface area contributed by atoms with Gasteiger partial charge in [0.15, 0.2) is 0 Å². The van der Waals surface area contributed by atoms with E-state index in [9.17, 15) is 0 Å². The normalized spacial score (nSPS) is 13.8. The molecule has 0 aromatic carbocycles. The first-order valence-electron chi connectivity index (χ1n) is 5.34. The summed E-state index contributed by atoms with van der Waals surface area (Å²) in [7, 11) is 1.72. The molecule has 0 aliphatic heterocycles. The predicted octanol–water partition coefficient (Wildman–Crippen LogP) is 2.81. The minimum Gasteiger partial charge on any atom is -0.377 e. The van der Waals surface area contributed by atoms with Crippen LogP contribution in [-0.2, 0) is 4.74 Å². The fraction of sp³-hybridized carbons (Fsp3) is 0.583. The van der Waals surface area contributed by atoms with Gasteiger partial charge in [-0.1, -0.05) is 17.7 Å². The highest BCUT2D eigenvalue weighted by atomic mass is 35.5. The Hall–Kier alpha value is -0.640. The van der Waals surface area contributed by atoms with Crippen molar-refractivity contribution in [2.75, 3.05) is 13.7 Å². The lowest BCUT2D eigenvalue weighted by molar-refractivity contribution is 0.0214. The molecule has 1 heterocycles. The van der Waals surface area contributed by atoms with Crippen LogP contribution < -0.4 is 5.32 Å². The highest BCUT2D eigenvalue weighted by molar-refractivity contribution is 6.29. The minimum absolute atomic E-state index is 0.159. The van der Waals surface area contributed by atoms with Crippen molar-refractivity contribution in [1.29, 1.82) is 0 Å². The summed E-state index contributed by atoms with van der Waals surface area (Å²) in [6.45, 7) is 6.98. The first kappa shape index (κ1) is 13.4. The quantitative estimate of drug-likeness (QED) is 0.807. The third kappa shape index (κ3) is 4.08. The number of halogens is 1. The van der Waals surface area contributed by atoms with Crippen LogP contribution in [0, 0.1) is 0 Å². The van der Waals surface area contributed by atoms with Crippen molar-refractivity contribution in [2.45, 2.75) is 32.4 Å². The summed E-state index contributed by atoms with van der Waals surface area (Å²) in [6.07, 6.45) is 1.79. The molecule has 0 radical (unpaired) electrons. The molecule has 1 aromatic heterocycles. The molecule has 1 rings (SSSR count). The maximum atomic E-state index is 5.74. The van der Waals surface area contributed by atoms with Crippen LogP contribution in [0.5, 0.6) is 0 Å². The van der Waals surface area contributed by atoms with E-state index in [4.69, 9.17) is 16.3 Å². The molecule has 1 N–H and O–H groups in total. The zero-order valence-corrected chi connectivity index (χ0v) is 11.0. The zero-order chi connectivity index (χ0) is 12.2. The van der Waals surface area contributed by atoms with E-state index in [1.54, 1.807) is 19.4 Å². The molecule has 0 aliphatic rings. The number of ether oxygens (including phenoxy) is 1. The molecule has 1 unspecified atom stereocenters. The summed E-state index contributed by atoms with van der Waals surface area (Å²) in [4.78, 5) is 4.06. The first-order valence-corrected chi connectivity index (χ1v) is 5.72. The number of rotatable bonds is 5. The van der Waals surface area contributed by atoms with Crippen LogP contribution in [0.3, 0.4) is 0 Å². The molecule has 90 valence electrons. The highest BCUT2D eigenvalue weighted by Gasteiger charge is 2.17. The van der Waals surface area contributed by atoms with Crippen LogP contribution >= 0.6 is 11.6 Å². The SMILES string of the molecule is COC(C)(C)CNC(C)c1ccc(Cl)nc1. The number of aromatic nitrogens is 1. The molecule has 0 bridgehead atoms. The van der Waals surface area contributed by atoms with E-state index in [-0.39, 0.29) is 11.6 Å². The van der Waals surface area contributed by atoms with Gasteiger partial charge in [-0.05, 0) is 32.4 Å². The Kier molecular flexibility index (Phi) is 4.71. The van der Waals surface area contributed by atoms with Gasteiger partial charge in [-0.25, -0.2) is 4.98 Å². The lowest BCUT2D eigenvalue weighted by Gasteiger charge is -2.25. The lowest BCUT2D eigenvalue weighted by atomic mass is 10.1. The van der Waals surface area contributed by atoms with E-state index in [0.717, 1.165) is 12.1 Å². The second kappa shape index (κ2) is 5.62. The molecule has 0 saturated carbocycles. The molecule has 3 nitrogen and oxygen atoms in total. The van der Waals surface area contributed by atoms with Gasteiger partial charge in [-0.15, -0.1) is 0 Å². The number of nitrogens with one attached hydrogen (secondary N) is 1. The molecule has 4 heteroatoms. The van der Waals surface area contributed by atoms with Crippen LogP contribution in [0.4, 0.5) is 0 Å². The van der Waals surface area contributed by atoms with E-state index < -0.39 is 0 Å². The van der Waals surface area contributed by atoms with Crippen molar-refractivity contribution in [2.24, 2.45) is 0 Å². The summed E-state index contributed by atoms with van der Waals surface area (Å²) in [5.74, 6) is 0. The lowest BCUT2D eigenvalue weighted by Crippen LogP contribution is -2.37. The Bertz CT molecular complexity index is 324. The number of hydrogen-bond donors (Lipinski definition) is 1. The Morgan fingerprint density at radius 3 is 2.69 bits per heavy atom. The van der Waals surface area contributed by atoms with Gasteiger partial charge in [0, 0.05) is 25.9 Å². The second-order valence-electron chi connectivity index (χ2n) is 4.48. The van der Waals surface area contributed by atoms with Crippen molar-refractivity contribution >= 4 is 11.6 Å². The Morgan fingerprint density at radius 2 is 2.19 bits per heavy atom. The van der Waals surface area contributed by atoms with Gasteiger partial charge < -0.3 is 10.1 Å². The third-order valence-electron chi connectivity index (χ3n) is 2.64. The van der Waals surface area contributed by atoms with Crippen molar-refractivity contribution in [3.8, 4) is 0 Å². The van der Waals surface area contributed by atoms with Crippen LogP contribution in [0.25, 0.3) is 0 Å². The average Bonchev–Trinajstić information content (AvgIpc) is 2.27. The summed E-state index contributed by atoms with van der Waals surface area (Å²) in [5.41, 5.74) is 0.963. The number of nitrogens with zero attached hydrogens (tertiary/aromatic N) is 1. The number of pyridine rings is 1.